The monoisotopic (exact) mass is 600 g/mol. The molecule has 0 aliphatic carbocycles. The van der Waals surface area contributed by atoms with Gasteiger partial charge in [-0.1, -0.05) is 87.7 Å². The zero-order chi connectivity index (χ0) is 27.0. The van der Waals surface area contributed by atoms with Crippen molar-refractivity contribution in [2.75, 3.05) is 31.9 Å². The van der Waals surface area contributed by atoms with Crippen molar-refractivity contribution in [3.8, 4) is 0 Å². The molecule has 2 N–H and O–H groups in total. The maximum absolute atomic E-state index is 11.5. The van der Waals surface area contributed by atoms with Crippen molar-refractivity contribution in [3.63, 3.8) is 0 Å². The van der Waals surface area contributed by atoms with E-state index in [1.165, 1.54) is 42.6 Å². The van der Waals surface area contributed by atoms with Gasteiger partial charge in [0.25, 0.3) is 10.1 Å². The van der Waals surface area contributed by atoms with Crippen molar-refractivity contribution < 1.29 is 34.7 Å². The number of amides is 1. The molecule has 39 heavy (non-hydrogen) atoms. The van der Waals surface area contributed by atoms with Crippen LogP contribution in [-0.4, -0.2) is 60.8 Å². The van der Waals surface area contributed by atoms with E-state index >= 15 is 0 Å². The van der Waals surface area contributed by atoms with E-state index in [0.717, 1.165) is 0 Å². The van der Waals surface area contributed by atoms with Gasteiger partial charge in [0, 0.05) is 5.92 Å². The predicted molar refractivity (Wildman–Crippen MR) is 173 cm³/mol. The summed E-state index contributed by atoms with van der Waals surface area (Å²) in [4.78, 5) is 11.5. The fraction of sp³-hybridized carbons (Fsp3) is 0.774. The Bertz CT molecular complexity index is 751. The van der Waals surface area contributed by atoms with Gasteiger partial charge < -0.3 is 22.2 Å². The second-order valence-corrected chi connectivity index (χ2v) is 11.2. The van der Waals surface area contributed by atoms with Gasteiger partial charge in [0.15, 0.2) is 0 Å². The molecule has 8 heteroatoms. The van der Waals surface area contributed by atoms with E-state index in [-0.39, 0.29) is 53.9 Å². The number of carbonyl (C=O) groups excluding carboxylic acids is 1. The highest BCUT2D eigenvalue weighted by Gasteiger charge is 2.27. The highest BCUT2D eigenvalue weighted by Crippen LogP contribution is 2.16. The van der Waals surface area contributed by atoms with Crippen LogP contribution >= 0.6 is 0 Å². The van der Waals surface area contributed by atoms with Gasteiger partial charge in [0.2, 0.25) is 5.91 Å². The zero-order valence-corrected chi connectivity index (χ0v) is 25.5. The number of hydrogen-bond donors (Lipinski definition) is 2. The Kier molecular flexibility index (Phi) is 37.4. The number of hydrogen-bond acceptors (Lipinski definition) is 3. The fourth-order valence-electron chi connectivity index (χ4n) is 3.49. The standard InChI is InChI=1S/C10H14.C9H19NO4S.C8H20N.4CH4.ClH/c1-3-9(2)10-7-5-4-6-8-10;1-5-7(2)8(11)10-9(3,4)6-15(12,13)14;1-5-9(6-2,7-3)8-4;;;;;/h4-9H,3H2,1-2H3;7H,5-6H2,1-4H3,(H,10,11)(H,12,13,14);5-8H2,1-4H3;4*1H4;1H/q;;+1;;;;;/p-1. The van der Waals surface area contributed by atoms with E-state index in [2.05, 4.69) is 77.2 Å². The molecule has 0 saturated heterocycles. The summed E-state index contributed by atoms with van der Waals surface area (Å²) in [5.74, 6) is -0.139. The fourth-order valence-corrected chi connectivity index (χ4v) is 4.48. The van der Waals surface area contributed by atoms with Crippen molar-refractivity contribution in [2.24, 2.45) is 5.92 Å². The predicted octanol–water partition coefficient (Wildman–Crippen LogP) is 5.45. The number of rotatable bonds is 11. The van der Waals surface area contributed by atoms with Crippen LogP contribution in [0.5, 0.6) is 0 Å². The lowest BCUT2D eigenvalue weighted by atomic mass is 9.99. The third-order valence-corrected chi connectivity index (χ3v) is 7.82. The summed E-state index contributed by atoms with van der Waals surface area (Å²) in [6, 6.07) is 10.6. The summed E-state index contributed by atoms with van der Waals surface area (Å²) in [6.45, 7) is 25.5. The lowest BCUT2D eigenvalue weighted by molar-refractivity contribution is -0.921. The molecule has 0 saturated carbocycles. The van der Waals surface area contributed by atoms with Crippen molar-refractivity contribution in [2.45, 2.75) is 123 Å². The number of carbonyl (C=O) groups is 1. The van der Waals surface area contributed by atoms with Crippen LogP contribution in [-0.2, 0) is 14.9 Å². The molecule has 2 atom stereocenters. The minimum atomic E-state index is -4.07. The maximum Gasteiger partial charge on any atom is 0.267 e. The van der Waals surface area contributed by atoms with Gasteiger partial charge in [-0.3, -0.25) is 9.35 Å². The van der Waals surface area contributed by atoms with Crippen molar-refractivity contribution in [3.05, 3.63) is 35.9 Å². The van der Waals surface area contributed by atoms with Gasteiger partial charge in [-0.2, -0.15) is 8.42 Å². The number of halogens is 1. The first-order valence-electron chi connectivity index (χ1n) is 12.8. The van der Waals surface area contributed by atoms with Crippen LogP contribution in [0.3, 0.4) is 0 Å². The van der Waals surface area contributed by atoms with Gasteiger partial charge in [-0.25, -0.2) is 0 Å². The largest absolute Gasteiger partial charge is 1.00 e. The van der Waals surface area contributed by atoms with Crippen LogP contribution in [0, 0.1) is 5.92 Å². The highest BCUT2D eigenvalue weighted by atomic mass is 35.5. The minimum Gasteiger partial charge on any atom is -1.00 e. The molecule has 0 heterocycles. The molecule has 0 aromatic heterocycles. The van der Waals surface area contributed by atoms with E-state index < -0.39 is 21.4 Å². The van der Waals surface area contributed by atoms with Crippen LogP contribution in [0.1, 0.15) is 123 Å². The Labute approximate surface area is 252 Å². The minimum absolute atomic E-state index is 0. The lowest BCUT2D eigenvalue weighted by Gasteiger charge is -2.34. The average Bonchev–Trinajstić information content (AvgIpc) is 2.79. The molecule has 0 bridgehead atoms. The number of benzene rings is 1. The molecule has 1 aromatic carbocycles. The molecule has 1 amide bonds. The molecule has 6 nitrogen and oxygen atoms in total. The molecule has 240 valence electrons. The van der Waals surface area contributed by atoms with Crippen LogP contribution < -0.4 is 17.7 Å². The second kappa shape index (κ2) is 27.0. The normalized spacial score (nSPS) is 11.8. The first-order valence-corrected chi connectivity index (χ1v) is 14.4. The lowest BCUT2D eigenvalue weighted by Crippen LogP contribution is -3.00. The summed E-state index contributed by atoms with van der Waals surface area (Å²) in [7, 11) is -4.07. The van der Waals surface area contributed by atoms with Crippen LogP contribution in [0.4, 0.5) is 0 Å². The molecule has 0 aliphatic heterocycles. The van der Waals surface area contributed by atoms with Gasteiger partial charge in [0.1, 0.15) is 0 Å². The number of nitrogens with zero attached hydrogens (tertiary/aromatic N) is 1. The molecule has 1 rings (SSSR count). The molecule has 0 aliphatic rings. The summed E-state index contributed by atoms with van der Waals surface area (Å²) in [6.07, 6.45) is 1.91. The molecule has 0 spiro atoms. The molecule has 0 radical (unpaired) electrons. The number of nitrogens with one attached hydrogen (secondary N) is 1. The van der Waals surface area contributed by atoms with Gasteiger partial charge in [0.05, 0.1) is 37.5 Å². The summed E-state index contributed by atoms with van der Waals surface area (Å²) in [5.41, 5.74) is 0.499. The summed E-state index contributed by atoms with van der Waals surface area (Å²) < 4.78 is 31.3. The molecule has 0 fully saturated rings. The Balaban J connectivity index is -0.0000000765. The third kappa shape index (κ3) is 25.6. The first-order chi connectivity index (χ1) is 15.7. The van der Waals surface area contributed by atoms with Gasteiger partial charge >= 0.3 is 0 Å². The zero-order valence-electron chi connectivity index (χ0n) is 23.9. The van der Waals surface area contributed by atoms with E-state index in [1.807, 2.05) is 6.92 Å². The smallest absolute Gasteiger partial charge is 0.267 e. The Hall–Kier alpha value is -1.15. The van der Waals surface area contributed by atoms with E-state index in [1.54, 1.807) is 20.8 Å². The van der Waals surface area contributed by atoms with Crippen molar-refractivity contribution in [1.29, 1.82) is 0 Å². The van der Waals surface area contributed by atoms with E-state index in [4.69, 9.17) is 4.55 Å². The Morgan fingerprint density at radius 1 is 0.846 bits per heavy atom. The van der Waals surface area contributed by atoms with Gasteiger partial charge in [-0.05, 0) is 65.9 Å². The molecule has 1 aromatic rings. The van der Waals surface area contributed by atoms with Crippen molar-refractivity contribution in [1.82, 2.24) is 5.32 Å². The quantitative estimate of drug-likeness (QED) is 0.261. The Morgan fingerprint density at radius 3 is 1.49 bits per heavy atom. The number of quaternary nitrogens is 1. The third-order valence-electron chi connectivity index (χ3n) is 6.73. The van der Waals surface area contributed by atoms with Crippen molar-refractivity contribution >= 4 is 16.0 Å². The maximum atomic E-state index is 11.5. The second-order valence-electron chi connectivity index (χ2n) is 9.74. The van der Waals surface area contributed by atoms with E-state index in [9.17, 15) is 13.2 Å². The molecule has 2 unspecified atom stereocenters. The van der Waals surface area contributed by atoms with Gasteiger partial charge in [-0.15, -0.1) is 0 Å². The molecular weight excluding hydrogens is 532 g/mol. The molecular formula is C31H69ClN2O4S. The topological polar surface area (TPSA) is 83.5 Å². The average molecular weight is 601 g/mol. The Morgan fingerprint density at radius 2 is 1.23 bits per heavy atom. The van der Waals surface area contributed by atoms with Crippen LogP contribution in [0.15, 0.2) is 30.3 Å². The highest BCUT2D eigenvalue weighted by molar-refractivity contribution is 7.85. The summed E-state index contributed by atoms with van der Waals surface area (Å²) >= 11 is 0. The first kappa shape index (κ1) is 54.0. The van der Waals surface area contributed by atoms with E-state index in [0.29, 0.717) is 12.3 Å². The van der Waals surface area contributed by atoms with Crippen LogP contribution in [0.2, 0.25) is 0 Å². The summed E-state index contributed by atoms with van der Waals surface area (Å²) in [5, 5.41) is 2.59. The van der Waals surface area contributed by atoms with Crippen LogP contribution in [0.25, 0.3) is 0 Å². The SMILES string of the molecule is C.C.C.C.CCC(C)C(=O)NC(C)(C)CS(=O)(=O)O.CCC(C)c1ccccc1.CC[N+](CC)(CC)CC.[Cl-].